The topological polar surface area (TPSA) is 97.3 Å². The van der Waals surface area contributed by atoms with Gasteiger partial charge in [-0.3, -0.25) is 4.79 Å². The molecular weight excluding hydrogens is 595 g/mol. The number of carbonyl (C=O) groups is 2. The van der Waals surface area contributed by atoms with E-state index in [1.165, 1.54) is 34.5 Å². The molecule has 242 valence electrons. The number of thiazole rings is 1. The van der Waals surface area contributed by atoms with E-state index in [0.717, 1.165) is 52.2 Å². The van der Waals surface area contributed by atoms with Gasteiger partial charge in [0.15, 0.2) is 5.01 Å². The minimum atomic E-state index is -0.501. The van der Waals surface area contributed by atoms with Crippen molar-refractivity contribution in [3.63, 3.8) is 0 Å². The van der Waals surface area contributed by atoms with E-state index < -0.39 is 5.60 Å². The van der Waals surface area contributed by atoms with Gasteiger partial charge in [-0.25, -0.2) is 19.7 Å². The van der Waals surface area contributed by atoms with E-state index in [0.29, 0.717) is 36.5 Å². The van der Waals surface area contributed by atoms with Crippen LogP contribution in [0.1, 0.15) is 110 Å². The summed E-state index contributed by atoms with van der Waals surface area (Å²) in [5.74, 6) is 0.842. The summed E-state index contributed by atoms with van der Waals surface area (Å²) in [4.78, 5) is 42.3. The van der Waals surface area contributed by atoms with Crippen LogP contribution in [0.4, 0.5) is 4.79 Å². The molecule has 2 aromatic heterocycles. The Morgan fingerprint density at radius 3 is 2.50 bits per heavy atom. The van der Waals surface area contributed by atoms with Gasteiger partial charge in [-0.1, -0.05) is 39.0 Å². The van der Waals surface area contributed by atoms with Crippen LogP contribution in [0.3, 0.4) is 0 Å². The summed E-state index contributed by atoms with van der Waals surface area (Å²) in [6.45, 7) is 15.8. The Hall–Kier alpha value is -3.85. The van der Waals surface area contributed by atoms with Crippen LogP contribution in [-0.4, -0.2) is 50.5 Å². The molecule has 0 radical (unpaired) electrons. The van der Waals surface area contributed by atoms with Crippen molar-refractivity contribution in [2.24, 2.45) is 5.92 Å². The van der Waals surface area contributed by atoms with Gasteiger partial charge in [-0.05, 0) is 105 Å². The number of allylic oxidation sites excluding steroid dienone is 1. The Labute approximate surface area is 276 Å². The number of fused-ring (bicyclic) bond motifs is 3. The molecule has 1 aliphatic heterocycles. The van der Waals surface area contributed by atoms with Crippen molar-refractivity contribution >= 4 is 29.4 Å². The molecule has 3 aromatic rings. The Balaban J connectivity index is 1.20. The molecule has 2 aliphatic carbocycles. The number of hydrogen-bond acceptors (Lipinski definition) is 7. The molecular formula is C37H45N5O3S. The van der Waals surface area contributed by atoms with Gasteiger partial charge in [0.25, 0.3) is 5.91 Å². The molecule has 0 saturated heterocycles. The lowest BCUT2D eigenvalue weighted by atomic mass is 9.67. The van der Waals surface area contributed by atoms with Crippen molar-refractivity contribution in [2.75, 3.05) is 13.1 Å². The molecule has 3 heterocycles. The molecule has 6 rings (SSSR count). The van der Waals surface area contributed by atoms with Crippen LogP contribution in [0, 0.1) is 12.8 Å². The summed E-state index contributed by atoms with van der Waals surface area (Å²) in [6.07, 6.45) is 11.9. The fraction of sp³-hybridized carbons (Fsp3) is 0.486. The normalized spacial score (nSPS) is 19.6. The molecule has 46 heavy (non-hydrogen) atoms. The van der Waals surface area contributed by atoms with Crippen LogP contribution in [0.25, 0.3) is 17.3 Å². The second-order valence-electron chi connectivity index (χ2n) is 14.8. The third kappa shape index (κ3) is 6.80. The minimum absolute atomic E-state index is 0.0307. The van der Waals surface area contributed by atoms with E-state index in [-0.39, 0.29) is 17.4 Å². The maximum Gasteiger partial charge on any atom is 0.410 e. The molecule has 0 bridgehead atoms. The summed E-state index contributed by atoms with van der Waals surface area (Å²) < 4.78 is 5.59. The zero-order valence-electron chi connectivity index (χ0n) is 28.1. The molecule has 2 amide bonds. The van der Waals surface area contributed by atoms with Crippen molar-refractivity contribution in [3.05, 3.63) is 80.2 Å². The smallest absolute Gasteiger partial charge is 0.410 e. The molecule has 8 nitrogen and oxygen atoms in total. The minimum Gasteiger partial charge on any atom is -0.444 e. The third-order valence-electron chi connectivity index (χ3n) is 9.26. The molecule has 3 aliphatic rings. The first-order chi connectivity index (χ1) is 21.8. The number of aromatic nitrogens is 3. The van der Waals surface area contributed by atoms with Crippen molar-refractivity contribution in [1.82, 2.24) is 25.2 Å². The number of amides is 2. The van der Waals surface area contributed by atoms with Crippen molar-refractivity contribution in [2.45, 2.75) is 97.6 Å². The second-order valence-corrected chi connectivity index (χ2v) is 15.9. The highest BCUT2D eigenvalue weighted by Crippen LogP contribution is 2.52. The number of benzene rings is 1. The number of aryl methyl sites for hydroxylation is 1. The van der Waals surface area contributed by atoms with E-state index in [1.54, 1.807) is 17.4 Å². The summed E-state index contributed by atoms with van der Waals surface area (Å²) in [5.41, 5.74) is 8.63. The van der Waals surface area contributed by atoms with Crippen molar-refractivity contribution in [3.8, 4) is 11.3 Å². The van der Waals surface area contributed by atoms with Gasteiger partial charge in [0, 0.05) is 41.8 Å². The molecule has 1 saturated carbocycles. The van der Waals surface area contributed by atoms with Gasteiger partial charge in [-0.15, -0.1) is 11.3 Å². The number of carbonyl (C=O) groups excluding carboxylic acids is 2. The van der Waals surface area contributed by atoms with E-state index >= 15 is 0 Å². The van der Waals surface area contributed by atoms with E-state index in [9.17, 15) is 9.59 Å². The molecule has 1 fully saturated rings. The highest BCUT2D eigenvalue weighted by molar-refractivity contribution is 7.13. The Morgan fingerprint density at radius 1 is 1.07 bits per heavy atom. The van der Waals surface area contributed by atoms with Gasteiger partial charge in [0.1, 0.15) is 11.9 Å². The van der Waals surface area contributed by atoms with Gasteiger partial charge < -0.3 is 15.0 Å². The van der Waals surface area contributed by atoms with Gasteiger partial charge in [0.2, 0.25) is 0 Å². The average molecular weight is 640 g/mol. The van der Waals surface area contributed by atoms with Crippen molar-refractivity contribution in [1.29, 1.82) is 0 Å². The van der Waals surface area contributed by atoms with Crippen LogP contribution in [0.15, 0.2) is 47.9 Å². The molecule has 0 spiro atoms. The third-order valence-corrected chi connectivity index (χ3v) is 10.7. The molecule has 9 heteroatoms. The highest BCUT2D eigenvalue weighted by Gasteiger charge is 2.39. The van der Waals surface area contributed by atoms with Crippen LogP contribution >= 0.6 is 11.3 Å². The van der Waals surface area contributed by atoms with Crippen LogP contribution in [-0.2, 0) is 16.7 Å². The van der Waals surface area contributed by atoms with Gasteiger partial charge in [-0.2, -0.15) is 0 Å². The maximum atomic E-state index is 12.8. The number of nitrogens with one attached hydrogen (secondary N) is 1. The lowest BCUT2D eigenvalue weighted by molar-refractivity contribution is 0.0266. The highest BCUT2D eigenvalue weighted by atomic mass is 32.1. The van der Waals surface area contributed by atoms with E-state index in [2.05, 4.69) is 68.3 Å². The first-order valence-corrected chi connectivity index (χ1v) is 17.2. The summed E-state index contributed by atoms with van der Waals surface area (Å²) in [5, 5.41) is 3.55. The predicted octanol–water partition coefficient (Wildman–Crippen LogP) is 7.98. The summed E-state index contributed by atoms with van der Waals surface area (Å²) >= 11 is 1.45. The van der Waals surface area contributed by atoms with Crippen LogP contribution < -0.4 is 5.32 Å². The maximum absolute atomic E-state index is 12.8. The predicted molar refractivity (Wildman–Crippen MR) is 183 cm³/mol. The first-order valence-electron chi connectivity index (χ1n) is 16.3. The quantitative estimate of drug-likeness (QED) is 0.304. The second kappa shape index (κ2) is 12.4. The number of ether oxygens (including phenoxy) is 1. The Kier molecular flexibility index (Phi) is 8.65. The fourth-order valence-electron chi connectivity index (χ4n) is 6.51. The monoisotopic (exact) mass is 639 g/mol. The number of rotatable bonds is 5. The lowest BCUT2D eigenvalue weighted by Crippen LogP contribution is -2.39. The number of hydrogen-bond donors (Lipinski definition) is 1. The lowest BCUT2D eigenvalue weighted by Gasteiger charge is -2.38. The fourth-order valence-corrected chi connectivity index (χ4v) is 7.41. The molecule has 2 unspecified atom stereocenters. The standard InChI is InChI=1S/C37H45N5O3S/c1-22-16-25(8-9-26(22)19-38-33(43)34-39-20-30(46-34)36(2,3)4)32-31-28-11-10-24(28)17-27(18-29(31)40-21-41-32)23-12-14-42(15-13-23)35(44)45-37(5,6)7/h8-9,12,16,18,20-21,24,28H,10-11,13-15,17,19H2,1-7H3,(H,38,43). The van der Waals surface area contributed by atoms with E-state index in [1.807, 2.05) is 20.8 Å². The van der Waals surface area contributed by atoms with Gasteiger partial charge in [0.05, 0.1) is 11.4 Å². The van der Waals surface area contributed by atoms with Crippen LogP contribution in [0.2, 0.25) is 0 Å². The molecule has 1 N–H and O–H groups in total. The number of nitrogens with zero attached hydrogens (tertiary/aromatic N) is 4. The average Bonchev–Trinajstić information content (AvgIpc) is 3.46. The summed E-state index contributed by atoms with van der Waals surface area (Å²) in [7, 11) is 0. The zero-order chi connectivity index (χ0) is 32.8. The van der Waals surface area contributed by atoms with Crippen LogP contribution in [0.5, 0.6) is 0 Å². The largest absolute Gasteiger partial charge is 0.444 e. The first kappa shape index (κ1) is 32.1. The Morgan fingerprint density at radius 2 is 1.87 bits per heavy atom. The van der Waals surface area contributed by atoms with Gasteiger partial charge >= 0.3 is 6.09 Å². The summed E-state index contributed by atoms with van der Waals surface area (Å²) in [6, 6.07) is 6.40. The van der Waals surface area contributed by atoms with E-state index in [4.69, 9.17) is 14.7 Å². The molecule has 2 atom stereocenters. The van der Waals surface area contributed by atoms with Crippen molar-refractivity contribution < 1.29 is 14.3 Å². The molecule has 1 aromatic carbocycles. The zero-order valence-corrected chi connectivity index (χ0v) is 28.9. The Bertz CT molecular complexity index is 1720. The SMILES string of the molecule is Cc1cc(-c2ncnc3c2C2CCC2CC(C2=CCN(C(=O)OC(C)(C)C)CC2)=C3)ccc1CNC(=O)c1ncc(C(C)(C)C)s1.